The first-order valence-electron chi connectivity index (χ1n) is 5.10. The molecule has 0 aromatic rings. The average Bonchev–Trinajstić information content (AvgIpc) is 2.17. The Morgan fingerprint density at radius 2 is 2.00 bits per heavy atom. The van der Waals surface area contributed by atoms with Crippen molar-refractivity contribution in [2.75, 3.05) is 20.1 Å². The van der Waals surface area contributed by atoms with Crippen LogP contribution in [-0.4, -0.2) is 37.0 Å². The third-order valence-corrected chi connectivity index (χ3v) is 2.88. The van der Waals surface area contributed by atoms with Gasteiger partial charge in [-0.3, -0.25) is 4.79 Å². The summed E-state index contributed by atoms with van der Waals surface area (Å²) >= 11 is 0. The molecule has 0 bridgehead atoms. The summed E-state index contributed by atoms with van der Waals surface area (Å²) in [5.74, 6) is 0.461. The van der Waals surface area contributed by atoms with Gasteiger partial charge in [0.15, 0.2) is 0 Å². The van der Waals surface area contributed by atoms with Gasteiger partial charge in [-0.05, 0) is 39.8 Å². The normalized spacial score (nSPS) is 20.6. The number of carbonyl (C=O) groups is 1. The molecule has 1 aliphatic rings. The molecule has 0 spiro atoms. The fourth-order valence-electron chi connectivity index (χ4n) is 1.88. The highest BCUT2D eigenvalue weighted by Gasteiger charge is 2.24. The fraction of sp³-hybridized carbons (Fsp3) is 0.900. The van der Waals surface area contributed by atoms with Gasteiger partial charge in [0.05, 0.1) is 0 Å². The van der Waals surface area contributed by atoms with E-state index in [1.165, 1.54) is 0 Å². The molecular formula is C10H22N2O. The van der Waals surface area contributed by atoms with Crippen LogP contribution in [0.4, 0.5) is 0 Å². The third-order valence-electron chi connectivity index (χ3n) is 2.88. The summed E-state index contributed by atoms with van der Waals surface area (Å²) in [5.41, 5.74) is 0. The molecule has 78 valence electrons. The van der Waals surface area contributed by atoms with E-state index >= 15 is 0 Å². The number of rotatable bonds is 2. The second-order valence-electron chi connectivity index (χ2n) is 4.02. The van der Waals surface area contributed by atoms with Crippen LogP contribution in [0.25, 0.3) is 0 Å². The zero-order valence-corrected chi connectivity index (χ0v) is 8.84. The van der Waals surface area contributed by atoms with Gasteiger partial charge in [0, 0.05) is 20.4 Å². The molecular weight excluding hydrogens is 164 g/mol. The van der Waals surface area contributed by atoms with Crippen LogP contribution >= 0.6 is 0 Å². The molecule has 0 unspecified atom stereocenters. The van der Waals surface area contributed by atoms with E-state index in [1.807, 2.05) is 0 Å². The average molecular weight is 186 g/mol. The molecule has 1 fully saturated rings. The third kappa shape index (κ3) is 2.69. The molecule has 3 heteroatoms. The van der Waals surface area contributed by atoms with Crippen molar-refractivity contribution in [2.24, 2.45) is 5.92 Å². The largest absolute Gasteiger partial charge is 0.359 e. The van der Waals surface area contributed by atoms with Gasteiger partial charge in [0.1, 0.15) is 0 Å². The van der Waals surface area contributed by atoms with Crippen LogP contribution in [0.1, 0.15) is 28.1 Å². The summed E-state index contributed by atoms with van der Waals surface area (Å²) in [6.45, 7) is 6.55. The molecule has 13 heavy (non-hydrogen) atoms. The number of likely N-dealkylation sites (tertiary alicyclic amines) is 1. The lowest BCUT2D eigenvalue weighted by Crippen LogP contribution is -2.42. The highest BCUT2D eigenvalue weighted by molar-refractivity contribution is 5.78. The number of amides is 1. The minimum atomic E-state index is 0. The Hall–Kier alpha value is -0.570. The second kappa shape index (κ2) is 4.61. The van der Waals surface area contributed by atoms with E-state index in [1.54, 1.807) is 7.05 Å². The first-order chi connectivity index (χ1) is 6.15. The highest BCUT2D eigenvalue weighted by atomic mass is 16.1. The van der Waals surface area contributed by atoms with Crippen LogP contribution < -0.4 is 5.32 Å². The molecule has 0 aromatic heterocycles. The minimum absolute atomic E-state index is 0. The van der Waals surface area contributed by atoms with E-state index in [0.717, 1.165) is 25.9 Å². The standard InChI is InChI=1S/C10H20N2O.H2/c1-8(2)12-6-4-9(5-7-12)10(13)11-3;/h8-9H,4-7H2,1-3H3,(H,11,13);1H. The van der Waals surface area contributed by atoms with Crippen molar-refractivity contribution in [1.29, 1.82) is 0 Å². The van der Waals surface area contributed by atoms with E-state index in [-0.39, 0.29) is 13.3 Å². The fourth-order valence-corrected chi connectivity index (χ4v) is 1.88. The van der Waals surface area contributed by atoms with Gasteiger partial charge in [-0.15, -0.1) is 0 Å². The first kappa shape index (κ1) is 10.5. The molecule has 0 saturated carbocycles. The Balaban J connectivity index is 0.00000169. The predicted octanol–water partition coefficient (Wildman–Crippen LogP) is 1.10. The molecule has 1 rings (SSSR count). The Kier molecular flexibility index (Phi) is 3.72. The zero-order chi connectivity index (χ0) is 9.84. The van der Waals surface area contributed by atoms with Crippen molar-refractivity contribution in [2.45, 2.75) is 32.7 Å². The van der Waals surface area contributed by atoms with E-state index in [2.05, 4.69) is 24.1 Å². The molecule has 3 nitrogen and oxygen atoms in total. The summed E-state index contributed by atoms with van der Waals surface area (Å²) in [6.07, 6.45) is 2.02. The lowest BCUT2D eigenvalue weighted by atomic mass is 9.95. The van der Waals surface area contributed by atoms with E-state index in [0.29, 0.717) is 6.04 Å². The lowest BCUT2D eigenvalue weighted by molar-refractivity contribution is -0.126. The SMILES string of the molecule is CNC(=O)C1CCN(C(C)C)CC1.[HH]. The summed E-state index contributed by atoms with van der Waals surface area (Å²) in [7, 11) is 1.72. The Labute approximate surface area is 82.0 Å². The van der Waals surface area contributed by atoms with E-state index < -0.39 is 0 Å². The van der Waals surface area contributed by atoms with E-state index in [4.69, 9.17) is 0 Å². The number of carbonyl (C=O) groups excluding carboxylic acids is 1. The van der Waals surface area contributed by atoms with Crippen molar-refractivity contribution in [3.63, 3.8) is 0 Å². The number of nitrogens with zero attached hydrogens (tertiary/aromatic N) is 1. The molecule has 0 aliphatic carbocycles. The quantitative estimate of drug-likeness (QED) is 0.700. The van der Waals surface area contributed by atoms with Gasteiger partial charge in [-0.1, -0.05) is 0 Å². The predicted molar refractivity (Wildman–Crippen MR) is 55.6 cm³/mol. The lowest BCUT2D eigenvalue weighted by Gasteiger charge is -2.33. The van der Waals surface area contributed by atoms with Gasteiger partial charge in [-0.25, -0.2) is 0 Å². The minimum Gasteiger partial charge on any atom is -0.359 e. The smallest absolute Gasteiger partial charge is 0.222 e. The summed E-state index contributed by atoms with van der Waals surface area (Å²) in [5, 5.41) is 2.72. The van der Waals surface area contributed by atoms with Gasteiger partial charge in [0.25, 0.3) is 0 Å². The summed E-state index contributed by atoms with van der Waals surface area (Å²) in [4.78, 5) is 13.7. The Morgan fingerprint density at radius 3 is 2.38 bits per heavy atom. The van der Waals surface area contributed by atoms with Crippen molar-refractivity contribution < 1.29 is 6.22 Å². The molecule has 1 amide bonds. The van der Waals surface area contributed by atoms with Crippen molar-refractivity contribution in [1.82, 2.24) is 10.2 Å². The zero-order valence-electron chi connectivity index (χ0n) is 8.84. The molecule has 0 aromatic carbocycles. The van der Waals surface area contributed by atoms with Gasteiger partial charge < -0.3 is 10.2 Å². The molecule has 1 N–H and O–H groups in total. The first-order valence-corrected chi connectivity index (χ1v) is 5.10. The van der Waals surface area contributed by atoms with Gasteiger partial charge >= 0.3 is 0 Å². The number of hydrogen-bond acceptors (Lipinski definition) is 2. The number of piperidine rings is 1. The molecule has 1 heterocycles. The Bertz CT molecular complexity index is 177. The van der Waals surface area contributed by atoms with Crippen LogP contribution in [0, 0.1) is 5.92 Å². The molecule has 1 aliphatic heterocycles. The van der Waals surface area contributed by atoms with E-state index in [9.17, 15) is 4.79 Å². The molecule has 1 saturated heterocycles. The second-order valence-corrected chi connectivity index (χ2v) is 4.02. The van der Waals surface area contributed by atoms with Crippen molar-refractivity contribution in [3.8, 4) is 0 Å². The van der Waals surface area contributed by atoms with Crippen LogP contribution in [0.5, 0.6) is 0 Å². The Morgan fingerprint density at radius 1 is 1.46 bits per heavy atom. The number of nitrogens with one attached hydrogen (secondary N) is 1. The molecule has 0 atom stereocenters. The van der Waals surface area contributed by atoms with Crippen molar-refractivity contribution >= 4 is 5.91 Å². The number of hydrogen-bond donors (Lipinski definition) is 1. The van der Waals surface area contributed by atoms with Gasteiger partial charge in [-0.2, -0.15) is 0 Å². The summed E-state index contributed by atoms with van der Waals surface area (Å²) in [6, 6.07) is 0.616. The van der Waals surface area contributed by atoms with Gasteiger partial charge in [0.2, 0.25) is 5.91 Å². The molecule has 0 radical (unpaired) electrons. The topological polar surface area (TPSA) is 32.3 Å². The monoisotopic (exact) mass is 186 g/mol. The maximum absolute atomic E-state index is 11.3. The maximum atomic E-state index is 11.3. The van der Waals surface area contributed by atoms with Crippen LogP contribution in [0.3, 0.4) is 0 Å². The van der Waals surface area contributed by atoms with Crippen LogP contribution in [-0.2, 0) is 4.79 Å². The van der Waals surface area contributed by atoms with Crippen molar-refractivity contribution in [3.05, 3.63) is 0 Å². The maximum Gasteiger partial charge on any atom is 0.222 e. The van der Waals surface area contributed by atoms with Crippen LogP contribution in [0.15, 0.2) is 0 Å². The summed E-state index contributed by atoms with van der Waals surface area (Å²) < 4.78 is 0. The van der Waals surface area contributed by atoms with Crippen LogP contribution in [0.2, 0.25) is 0 Å². The highest BCUT2D eigenvalue weighted by Crippen LogP contribution is 2.18.